The van der Waals surface area contributed by atoms with E-state index in [1.54, 1.807) is 0 Å². The lowest BCUT2D eigenvalue weighted by Gasteiger charge is -2.35. The van der Waals surface area contributed by atoms with E-state index in [0.717, 1.165) is 49.4 Å². The highest BCUT2D eigenvalue weighted by Gasteiger charge is 2.39. The van der Waals surface area contributed by atoms with Crippen LogP contribution in [0.4, 0.5) is 13.2 Å². The fraction of sp³-hybridized carbons (Fsp3) is 0.409. The molecule has 1 aliphatic carbocycles. The fourth-order valence-corrected chi connectivity index (χ4v) is 4.05. The van der Waals surface area contributed by atoms with Crippen molar-refractivity contribution >= 4 is 5.71 Å². The molecule has 1 heterocycles. The van der Waals surface area contributed by atoms with Crippen molar-refractivity contribution in [1.82, 2.24) is 10.3 Å². The summed E-state index contributed by atoms with van der Waals surface area (Å²) in [4.78, 5) is 0. The van der Waals surface area contributed by atoms with Gasteiger partial charge in [0, 0.05) is 18.2 Å². The summed E-state index contributed by atoms with van der Waals surface area (Å²) in [6, 6.07) is 5.76. The van der Waals surface area contributed by atoms with Gasteiger partial charge in [0.25, 0.3) is 0 Å². The number of nitrogens with zero attached hydrogens (tertiary/aromatic N) is 2. The lowest BCUT2D eigenvalue weighted by atomic mass is 9.78. The summed E-state index contributed by atoms with van der Waals surface area (Å²) < 4.78 is 39.7. The number of halogens is 3. The van der Waals surface area contributed by atoms with Gasteiger partial charge in [0.05, 0.1) is 17.8 Å². The van der Waals surface area contributed by atoms with E-state index in [4.69, 9.17) is 0 Å². The van der Waals surface area contributed by atoms with Crippen LogP contribution in [0.2, 0.25) is 0 Å². The van der Waals surface area contributed by atoms with Crippen LogP contribution >= 0.6 is 0 Å². The molecule has 1 aromatic rings. The highest BCUT2D eigenvalue weighted by molar-refractivity contribution is 6.13. The summed E-state index contributed by atoms with van der Waals surface area (Å²) >= 11 is 0. The van der Waals surface area contributed by atoms with Gasteiger partial charge in [-0.25, -0.2) is 0 Å². The zero-order valence-electron chi connectivity index (χ0n) is 16.1. The van der Waals surface area contributed by atoms with E-state index >= 15 is 0 Å². The summed E-state index contributed by atoms with van der Waals surface area (Å²) in [7, 11) is 0. The van der Waals surface area contributed by atoms with Gasteiger partial charge < -0.3 is 5.32 Å². The summed E-state index contributed by atoms with van der Waals surface area (Å²) in [6.07, 6.45) is 3.07. The van der Waals surface area contributed by atoms with Gasteiger partial charge in [-0.1, -0.05) is 44.2 Å². The molecule has 0 bridgehead atoms. The molecule has 1 aromatic carbocycles. The van der Waals surface area contributed by atoms with E-state index in [1.165, 1.54) is 12.1 Å². The predicted molar refractivity (Wildman–Crippen MR) is 107 cm³/mol. The van der Waals surface area contributed by atoms with Crippen LogP contribution in [0.25, 0.3) is 0 Å². The van der Waals surface area contributed by atoms with E-state index < -0.39 is 11.7 Å². The minimum atomic E-state index is -4.34. The minimum Gasteiger partial charge on any atom is -0.384 e. The Labute approximate surface area is 164 Å². The van der Waals surface area contributed by atoms with E-state index in [-0.39, 0.29) is 5.41 Å². The normalized spacial score (nSPS) is 18.9. The van der Waals surface area contributed by atoms with Crippen molar-refractivity contribution < 1.29 is 13.2 Å². The molecule has 2 aliphatic rings. The van der Waals surface area contributed by atoms with E-state index in [2.05, 4.69) is 23.6 Å². The van der Waals surface area contributed by atoms with E-state index in [0.29, 0.717) is 18.0 Å². The number of nitrogens with one attached hydrogen (secondary N) is 1. The second-order valence-electron chi connectivity index (χ2n) is 7.46. The number of benzene rings is 1. The van der Waals surface area contributed by atoms with Crippen molar-refractivity contribution in [3.8, 4) is 0 Å². The van der Waals surface area contributed by atoms with Crippen LogP contribution in [0.1, 0.15) is 43.7 Å². The van der Waals surface area contributed by atoms with Gasteiger partial charge in [-0.2, -0.15) is 18.3 Å². The molecule has 0 aromatic heterocycles. The van der Waals surface area contributed by atoms with Crippen LogP contribution in [-0.4, -0.2) is 23.8 Å². The third-order valence-electron chi connectivity index (χ3n) is 5.48. The summed E-state index contributed by atoms with van der Waals surface area (Å²) in [5, 5.41) is 9.64. The first-order valence-corrected chi connectivity index (χ1v) is 9.59. The van der Waals surface area contributed by atoms with Gasteiger partial charge in [-0.05, 0) is 43.0 Å². The van der Waals surface area contributed by atoms with Crippen LogP contribution < -0.4 is 5.32 Å². The molecule has 1 fully saturated rings. The smallest absolute Gasteiger partial charge is 0.384 e. The molecule has 150 valence electrons. The monoisotopic (exact) mass is 389 g/mol. The van der Waals surface area contributed by atoms with E-state index in [1.807, 2.05) is 30.3 Å². The quantitative estimate of drug-likeness (QED) is 0.707. The molecule has 28 heavy (non-hydrogen) atoms. The first-order valence-electron chi connectivity index (χ1n) is 9.59. The van der Waals surface area contributed by atoms with Crippen molar-refractivity contribution in [3.05, 3.63) is 72.1 Å². The van der Waals surface area contributed by atoms with E-state index in [9.17, 15) is 13.2 Å². The van der Waals surface area contributed by atoms with Gasteiger partial charge in [-0.15, -0.1) is 0 Å². The van der Waals surface area contributed by atoms with Crippen molar-refractivity contribution in [2.75, 3.05) is 13.1 Å². The number of hydrogen-bond donors (Lipinski definition) is 1. The molecule has 0 radical (unpaired) electrons. The lowest BCUT2D eigenvalue weighted by molar-refractivity contribution is -0.137. The van der Waals surface area contributed by atoms with Crippen molar-refractivity contribution in [1.29, 1.82) is 0 Å². The molecular weight excluding hydrogens is 363 g/mol. The molecule has 3 nitrogen and oxygen atoms in total. The molecule has 3 rings (SSSR count). The average Bonchev–Trinajstić information content (AvgIpc) is 3.13. The zero-order valence-corrected chi connectivity index (χ0v) is 16.1. The Morgan fingerprint density at radius 2 is 2.00 bits per heavy atom. The number of hydrogen-bond acceptors (Lipinski definition) is 3. The molecule has 0 amide bonds. The maximum Gasteiger partial charge on any atom is 0.416 e. The summed E-state index contributed by atoms with van der Waals surface area (Å²) in [6.45, 7) is 11.3. The van der Waals surface area contributed by atoms with Gasteiger partial charge in [0.1, 0.15) is 5.71 Å². The molecule has 6 heteroatoms. The molecule has 1 saturated carbocycles. The van der Waals surface area contributed by atoms with Gasteiger partial charge in [-0.3, -0.25) is 5.01 Å². The van der Waals surface area contributed by atoms with Crippen molar-refractivity contribution in [2.45, 2.75) is 44.2 Å². The maximum atomic E-state index is 13.2. The Hall–Kier alpha value is -2.50. The molecule has 0 atom stereocenters. The second-order valence-corrected chi connectivity index (χ2v) is 7.46. The zero-order chi connectivity index (χ0) is 20.4. The van der Waals surface area contributed by atoms with Gasteiger partial charge in [0.2, 0.25) is 0 Å². The Kier molecular flexibility index (Phi) is 5.68. The Morgan fingerprint density at radius 3 is 2.64 bits per heavy atom. The third kappa shape index (κ3) is 4.16. The molecule has 0 saturated heterocycles. The first-order chi connectivity index (χ1) is 13.2. The predicted octanol–water partition coefficient (Wildman–Crippen LogP) is 5.38. The van der Waals surface area contributed by atoms with Crippen LogP contribution in [0.15, 0.2) is 66.1 Å². The van der Waals surface area contributed by atoms with Crippen molar-refractivity contribution in [3.63, 3.8) is 0 Å². The van der Waals surface area contributed by atoms with Gasteiger partial charge in [0.15, 0.2) is 0 Å². The number of alkyl halides is 3. The van der Waals surface area contributed by atoms with Crippen LogP contribution in [0.5, 0.6) is 0 Å². The number of hydrazone groups is 1. The Balaban J connectivity index is 1.90. The highest BCUT2D eigenvalue weighted by Crippen LogP contribution is 2.43. The largest absolute Gasteiger partial charge is 0.416 e. The Bertz CT molecular complexity index is 815. The van der Waals surface area contributed by atoms with Crippen molar-refractivity contribution in [2.24, 2.45) is 5.10 Å². The standard InChI is InChI=1S/C22H26F3N3/c1-4-26-17(3)20-16(2)10-13-28(27-20)15-21(11-5-6-12-21)18-8-7-9-19(14-18)22(23,24)25/h7-10,13-14,26H,2-6,11-12,15H2,1H3. The van der Waals surface area contributed by atoms with Crippen LogP contribution in [-0.2, 0) is 11.6 Å². The summed E-state index contributed by atoms with van der Waals surface area (Å²) in [5.74, 6) is 0. The Morgan fingerprint density at radius 1 is 1.29 bits per heavy atom. The lowest BCUT2D eigenvalue weighted by Crippen LogP contribution is -2.37. The SMILES string of the molecule is C=C1C=CN(CC2(c3cccc(C(F)(F)F)c3)CCCC2)N=C1C(=C)NCC. The first kappa shape index (κ1) is 20.2. The fourth-order valence-electron chi connectivity index (χ4n) is 4.05. The number of allylic oxidation sites excluding steroid dienone is 2. The molecule has 1 aliphatic heterocycles. The molecule has 0 spiro atoms. The third-order valence-corrected chi connectivity index (χ3v) is 5.48. The number of rotatable bonds is 6. The highest BCUT2D eigenvalue weighted by atomic mass is 19.4. The molecular formula is C22H26F3N3. The summed E-state index contributed by atoms with van der Waals surface area (Å²) in [5.41, 5.74) is 1.94. The molecule has 0 unspecified atom stereocenters. The van der Waals surface area contributed by atoms with Gasteiger partial charge >= 0.3 is 6.18 Å². The van der Waals surface area contributed by atoms with Crippen LogP contribution in [0.3, 0.4) is 0 Å². The molecule has 1 N–H and O–H groups in total. The second kappa shape index (κ2) is 7.86. The topological polar surface area (TPSA) is 27.6 Å². The maximum absolute atomic E-state index is 13.2. The average molecular weight is 389 g/mol. The van der Waals surface area contributed by atoms with Crippen LogP contribution in [0, 0.1) is 0 Å². The minimum absolute atomic E-state index is 0.349.